The van der Waals surface area contributed by atoms with E-state index in [0.29, 0.717) is 0 Å². The fourth-order valence-electron chi connectivity index (χ4n) is 1.41. The largest absolute Gasteiger partial charge is 0.472 e. The van der Waals surface area contributed by atoms with Gasteiger partial charge in [-0.1, -0.05) is 46.3 Å². The highest BCUT2D eigenvalue weighted by Gasteiger charge is 2.38. The van der Waals surface area contributed by atoms with Crippen molar-refractivity contribution in [2.75, 3.05) is 6.61 Å². The SMILES string of the molecule is O=P1(O)OCC(Br)C(c2ccccc2)O1. The summed E-state index contributed by atoms with van der Waals surface area (Å²) in [6.07, 6.45) is -0.448. The Labute approximate surface area is 96.0 Å². The van der Waals surface area contributed by atoms with E-state index in [1.807, 2.05) is 30.3 Å². The zero-order chi connectivity index (χ0) is 10.9. The van der Waals surface area contributed by atoms with Gasteiger partial charge in [0.2, 0.25) is 0 Å². The number of hydrogen-bond donors (Lipinski definition) is 1. The molecule has 0 saturated carbocycles. The topological polar surface area (TPSA) is 55.8 Å². The molecule has 1 saturated heterocycles. The number of benzene rings is 1. The molecule has 1 aromatic carbocycles. The average molecular weight is 293 g/mol. The third kappa shape index (κ3) is 2.68. The van der Waals surface area contributed by atoms with E-state index in [-0.39, 0.29) is 11.4 Å². The highest BCUT2D eigenvalue weighted by atomic mass is 79.9. The molecule has 15 heavy (non-hydrogen) atoms. The van der Waals surface area contributed by atoms with E-state index < -0.39 is 13.9 Å². The van der Waals surface area contributed by atoms with Gasteiger partial charge in [0, 0.05) is 0 Å². The fraction of sp³-hybridized carbons (Fsp3) is 0.333. The quantitative estimate of drug-likeness (QED) is 0.639. The van der Waals surface area contributed by atoms with Crippen molar-refractivity contribution in [1.29, 1.82) is 0 Å². The van der Waals surface area contributed by atoms with Crippen molar-refractivity contribution in [3.63, 3.8) is 0 Å². The molecule has 0 radical (unpaired) electrons. The molecule has 0 bridgehead atoms. The maximum absolute atomic E-state index is 11.3. The third-order valence-electron chi connectivity index (χ3n) is 2.10. The van der Waals surface area contributed by atoms with Gasteiger partial charge >= 0.3 is 7.82 Å². The Morgan fingerprint density at radius 1 is 1.40 bits per heavy atom. The summed E-state index contributed by atoms with van der Waals surface area (Å²) >= 11 is 3.36. The molecule has 1 fully saturated rings. The average Bonchev–Trinajstić information content (AvgIpc) is 2.23. The summed E-state index contributed by atoms with van der Waals surface area (Å²) in [4.78, 5) is 9.10. The molecule has 2 rings (SSSR count). The monoisotopic (exact) mass is 292 g/mol. The van der Waals surface area contributed by atoms with Crippen LogP contribution in [-0.2, 0) is 13.6 Å². The summed E-state index contributed by atoms with van der Waals surface area (Å²) in [7, 11) is -3.88. The molecule has 1 aliphatic rings. The number of phosphoric acid groups is 1. The van der Waals surface area contributed by atoms with Crippen LogP contribution >= 0.6 is 23.8 Å². The normalized spacial score (nSPS) is 36.4. The second-order valence-electron chi connectivity index (χ2n) is 3.22. The molecule has 3 atom stereocenters. The third-order valence-corrected chi connectivity index (χ3v) is 3.81. The Morgan fingerprint density at radius 3 is 2.73 bits per heavy atom. The van der Waals surface area contributed by atoms with Crippen molar-refractivity contribution in [2.24, 2.45) is 0 Å². The Morgan fingerprint density at radius 2 is 2.07 bits per heavy atom. The first-order chi connectivity index (χ1) is 7.08. The molecular weight excluding hydrogens is 283 g/mol. The Bertz CT molecular complexity index is 383. The molecule has 6 heteroatoms. The second-order valence-corrected chi connectivity index (χ2v) is 5.80. The van der Waals surface area contributed by atoms with Crippen molar-refractivity contribution in [1.82, 2.24) is 0 Å². The van der Waals surface area contributed by atoms with Crippen LogP contribution in [0.25, 0.3) is 0 Å². The molecule has 0 aliphatic carbocycles. The highest BCUT2D eigenvalue weighted by Crippen LogP contribution is 2.53. The number of alkyl halides is 1. The van der Waals surface area contributed by atoms with Crippen molar-refractivity contribution in [3.8, 4) is 0 Å². The predicted molar refractivity (Wildman–Crippen MR) is 58.8 cm³/mol. The van der Waals surface area contributed by atoms with Gasteiger partial charge in [0.05, 0.1) is 11.4 Å². The number of rotatable bonds is 1. The van der Waals surface area contributed by atoms with Crippen LogP contribution in [0.4, 0.5) is 0 Å². The van der Waals surface area contributed by atoms with Gasteiger partial charge in [-0.15, -0.1) is 0 Å². The van der Waals surface area contributed by atoms with Crippen molar-refractivity contribution in [3.05, 3.63) is 35.9 Å². The van der Waals surface area contributed by atoms with Crippen LogP contribution in [0.3, 0.4) is 0 Å². The Hall–Kier alpha value is -0.190. The van der Waals surface area contributed by atoms with Gasteiger partial charge < -0.3 is 4.89 Å². The number of hydrogen-bond acceptors (Lipinski definition) is 3. The van der Waals surface area contributed by atoms with E-state index in [1.165, 1.54) is 0 Å². The van der Waals surface area contributed by atoms with Crippen LogP contribution in [0.1, 0.15) is 11.7 Å². The zero-order valence-corrected chi connectivity index (χ0v) is 10.2. The maximum atomic E-state index is 11.3. The summed E-state index contributed by atoms with van der Waals surface area (Å²) in [5.74, 6) is 0. The number of phosphoric ester groups is 1. The molecule has 1 aliphatic heterocycles. The Balaban J connectivity index is 2.24. The standard InChI is InChI=1S/C9H10BrO4P/c10-8-6-13-15(11,12)14-9(8)7-4-2-1-3-5-7/h1-5,8-9H,6H2,(H,11,12). The molecule has 0 spiro atoms. The first kappa shape index (κ1) is 11.3. The smallest absolute Gasteiger partial charge is 0.302 e. The van der Waals surface area contributed by atoms with Gasteiger partial charge in [-0.05, 0) is 5.56 Å². The predicted octanol–water partition coefficient (Wildman–Crippen LogP) is 2.64. The first-order valence-corrected chi connectivity index (χ1v) is 6.84. The maximum Gasteiger partial charge on any atom is 0.472 e. The van der Waals surface area contributed by atoms with E-state index in [2.05, 4.69) is 20.5 Å². The van der Waals surface area contributed by atoms with E-state index in [4.69, 9.17) is 4.52 Å². The molecule has 82 valence electrons. The van der Waals surface area contributed by atoms with Crippen LogP contribution in [0.2, 0.25) is 0 Å². The van der Waals surface area contributed by atoms with Gasteiger partial charge in [-0.25, -0.2) is 4.57 Å². The lowest BCUT2D eigenvalue weighted by molar-refractivity contribution is 0.0542. The van der Waals surface area contributed by atoms with Crippen LogP contribution < -0.4 is 0 Å². The minimum Gasteiger partial charge on any atom is -0.302 e. The lowest BCUT2D eigenvalue weighted by Crippen LogP contribution is -2.25. The van der Waals surface area contributed by atoms with Gasteiger partial charge in [0.25, 0.3) is 0 Å². The highest BCUT2D eigenvalue weighted by molar-refractivity contribution is 9.09. The lowest BCUT2D eigenvalue weighted by atomic mass is 10.1. The summed E-state index contributed by atoms with van der Waals surface area (Å²) in [5.41, 5.74) is 0.858. The van der Waals surface area contributed by atoms with E-state index in [0.717, 1.165) is 5.56 Å². The second kappa shape index (κ2) is 4.36. The molecule has 0 amide bonds. The summed E-state index contributed by atoms with van der Waals surface area (Å²) in [6.45, 7) is 0.160. The van der Waals surface area contributed by atoms with Gasteiger partial charge in [-0.3, -0.25) is 9.05 Å². The molecule has 0 aromatic heterocycles. The van der Waals surface area contributed by atoms with Gasteiger partial charge in [0.15, 0.2) is 0 Å². The van der Waals surface area contributed by atoms with Crippen molar-refractivity contribution in [2.45, 2.75) is 10.9 Å². The summed E-state index contributed by atoms with van der Waals surface area (Å²) in [6, 6.07) is 9.30. The fourth-order valence-corrected chi connectivity index (χ4v) is 3.29. The van der Waals surface area contributed by atoms with Crippen molar-refractivity contribution < 1.29 is 18.5 Å². The van der Waals surface area contributed by atoms with E-state index in [9.17, 15) is 9.46 Å². The van der Waals surface area contributed by atoms with Crippen LogP contribution in [-0.4, -0.2) is 16.3 Å². The molecule has 1 heterocycles. The van der Waals surface area contributed by atoms with Crippen LogP contribution in [0.5, 0.6) is 0 Å². The molecule has 1 N–H and O–H groups in total. The number of halogens is 1. The molecular formula is C9H10BrO4P. The van der Waals surface area contributed by atoms with Gasteiger partial charge in [0.1, 0.15) is 6.10 Å². The van der Waals surface area contributed by atoms with Crippen LogP contribution in [0, 0.1) is 0 Å². The van der Waals surface area contributed by atoms with Crippen molar-refractivity contribution >= 4 is 23.8 Å². The minimum atomic E-state index is -3.88. The first-order valence-electron chi connectivity index (χ1n) is 4.43. The van der Waals surface area contributed by atoms with E-state index in [1.54, 1.807) is 0 Å². The zero-order valence-electron chi connectivity index (χ0n) is 7.75. The Kier molecular flexibility index (Phi) is 3.28. The van der Waals surface area contributed by atoms with Crippen LogP contribution in [0.15, 0.2) is 30.3 Å². The van der Waals surface area contributed by atoms with E-state index >= 15 is 0 Å². The van der Waals surface area contributed by atoms with Gasteiger partial charge in [-0.2, -0.15) is 0 Å². The minimum absolute atomic E-state index is 0.117. The molecule has 4 nitrogen and oxygen atoms in total. The summed E-state index contributed by atoms with van der Waals surface area (Å²) in [5, 5.41) is 0. The lowest BCUT2D eigenvalue weighted by Gasteiger charge is -2.30. The summed E-state index contributed by atoms with van der Waals surface area (Å²) < 4.78 is 20.9. The molecule has 3 unspecified atom stereocenters. The molecule has 1 aromatic rings.